The van der Waals surface area contributed by atoms with Gasteiger partial charge in [0, 0.05) is 21.5 Å². The molecule has 2 N–H and O–H groups in total. The lowest BCUT2D eigenvalue weighted by Crippen LogP contribution is -2.10. The van der Waals surface area contributed by atoms with E-state index in [-0.39, 0.29) is 10.9 Å². The summed E-state index contributed by atoms with van der Waals surface area (Å²) in [5.74, 6) is 0. The Morgan fingerprint density at radius 3 is 1.32 bits per heavy atom. The standard InChI is InChI=1S/C24H20N2O2/c1-11-5-13(3)21-19(7-11)25-17-9-16-18(10-15(17)23(21)27)26-20-8-12(2)6-14(4)22(20)24(16)28/h5-10H,1-4H3,(H,25,27)(H,26,28). The van der Waals surface area contributed by atoms with Gasteiger partial charge in [-0.3, -0.25) is 9.59 Å². The Morgan fingerprint density at radius 2 is 0.929 bits per heavy atom. The maximum Gasteiger partial charge on any atom is 0.197 e. The third-order valence-corrected chi connectivity index (χ3v) is 5.60. The van der Waals surface area contributed by atoms with Crippen LogP contribution in [0.3, 0.4) is 0 Å². The van der Waals surface area contributed by atoms with Crippen LogP contribution in [0.25, 0.3) is 43.6 Å². The largest absolute Gasteiger partial charge is 0.354 e. The van der Waals surface area contributed by atoms with E-state index in [9.17, 15) is 9.59 Å². The number of fused-ring (bicyclic) bond motifs is 4. The van der Waals surface area contributed by atoms with Gasteiger partial charge in [-0.25, -0.2) is 0 Å². The molecule has 0 aliphatic rings. The summed E-state index contributed by atoms with van der Waals surface area (Å²) in [6.07, 6.45) is 0. The van der Waals surface area contributed by atoms with Crippen LogP contribution >= 0.6 is 0 Å². The minimum Gasteiger partial charge on any atom is -0.354 e. The molecule has 0 saturated carbocycles. The normalized spacial score (nSPS) is 11.9. The van der Waals surface area contributed by atoms with Crippen molar-refractivity contribution in [2.45, 2.75) is 27.7 Å². The van der Waals surface area contributed by atoms with Crippen LogP contribution in [0.15, 0.2) is 46.0 Å². The molecule has 2 heterocycles. The fourth-order valence-corrected chi connectivity index (χ4v) is 4.48. The zero-order valence-electron chi connectivity index (χ0n) is 16.3. The molecular weight excluding hydrogens is 348 g/mol. The molecule has 5 aromatic rings. The summed E-state index contributed by atoms with van der Waals surface area (Å²) in [5, 5.41) is 2.58. The topological polar surface area (TPSA) is 65.7 Å². The van der Waals surface area contributed by atoms with E-state index in [2.05, 4.69) is 9.97 Å². The van der Waals surface area contributed by atoms with E-state index in [4.69, 9.17) is 0 Å². The maximum absolute atomic E-state index is 13.2. The number of pyridine rings is 2. The summed E-state index contributed by atoms with van der Waals surface area (Å²) in [7, 11) is 0. The van der Waals surface area contributed by atoms with Crippen LogP contribution in [0, 0.1) is 27.7 Å². The van der Waals surface area contributed by atoms with Gasteiger partial charge in [-0.2, -0.15) is 0 Å². The molecule has 2 aromatic heterocycles. The summed E-state index contributed by atoms with van der Waals surface area (Å²) >= 11 is 0. The highest BCUT2D eigenvalue weighted by molar-refractivity contribution is 6.03. The molecular formula is C24H20N2O2. The van der Waals surface area contributed by atoms with Crippen molar-refractivity contribution in [3.8, 4) is 0 Å². The van der Waals surface area contributed by atoms with Gasteiger partial charge in [0.15, 0.2) is 10.9 Å². The quantitative estimate of drug-likeness (QED) is 0.381. The van der Waals surface area contributed by atoms with Crippen molar-refractivity contribution >= 4 is 43.6 Å². The lowest BCUT2D eigenvalue weighted by atomic mass is 10.0. The Kier molecular flexibility index (Phi) is 3.32. The Balaban J connectivity index is 2.02. The van der Waals surface area contributed by atoms with Crippen LogP contribution in [0.4, 0.5) is 0 Å². The van der Waals surface area contributed by atoms with E-state index in [1.807, 2.05) is 52.0 Å². The summed E-state index contributed by atoms with van der Waals surface area (Å²) in [5.41, 5.74) is 7.05. The summed E-state index contributed by atoms with van der Waals surface area (Å²) in [6, 6.07) is 11.6. The molecule has 3 aromatic carbocycles. The Labute approximate surface area is 160 Å². The second kappa shape index (κ2) is 5.55. The molecule has 0 radical (unpaired) electrons. The lowest BCUT2D eigenvalue weighted by molar-refractivity contribution is 1.37. The van der Waals surface area contributed by atoms with E-state index >= 15 is 0 Å². The molecule has 0 unspecified atom stereocenters. The zero-order chi connectivity index (χ0) is 19.7. The van der Waals surface area contributed by atoms with Crippen LogP contribution < -0.4 is 10.9 Å². The predicted octanol–water partition coefficient (Wildman–Crippen LogP) is 4.91. The molecule has 138 valence electrons. The van der Waals surface area contributed by atoms with Gasteiger partial charge in [-0.05, 0) is 74.2 Å². The molecule has 0 spiro atoms. The maximum atomic E-state index is 13.2. The monoisotopic (exact) mass is 368 g/mol. The van der Waals surface area contributed by atoms with Crippen LogP contribution in [0.2, 0.25) is 0 Å². The molecule has 5 rings (SSSR count). The molecule has 0 aliphatic heterocycles. The first-order valence-electron chi connectivity index (χ1n) is 9.37. The van der Waals surface area contributed by atoms with E-state index in [0.29, 0.717) is 32.6 Å². The van der Waals surface area contributed by atoms with Crippen molar-refractivity contribution in [3.05, 3.63) is 79.1 Å². The molecule has 28 heavy (non-hydrogen) atoms. The van der Waals surface area contributed by atoms with Gasteiger partial charge >= 0.3 is 0 Å². The highest BCUT2D eigenvalue weighted by Gasteiger charge is 2.13. The summed E-state index contributed by atoms with van der Waals surface area (Å²) in [6.45, 7) is 7.94. The van der Waals surface area contributed by atoms with Crippen molar-refractivity contribution in [3.63, 3.8) is 0 Å². The molecule has 0 fully saturated rings. The van der Waals surface area contributed by atoms with Crippen molar-refractivity contribution in [2.24, 2.45) is 0 Å². The van der Waals surface area contributed by atoms with Gasteiger partial charge < -0.3 is 9.97 Å². The van der Waals surface area contributed by atoms with Crippen molar-refractivity contribution in [1.29, 1.82) is 0 Å². The number of H-pyrrole nitrogens is 2. The van der Waals surface area contributed by atoms with Crippen LogP contribution in [0.5, 0.6) is 0 Å². The number of aryl methyl sites for hydroxylation is 4. The molecule has 4 nitrogen and oxygen atoms in total. The Morgan fingerprint density at radius 1 is 0.536 bits per heavy atom. The lowest BCUT2D eigenvalue weighted by Gasteiger charge is -2.10. The minimum atomic E-state index is -0.00970. The van der Waals surface area contributed by atoms with Crippen LogP contribution in [0.1, 0.15) is 22.3 Å². The van der Waals surface area contributed by atoms with Gasteiger partial charge in [-0.1, -0.05) is 12.1 Å². The molecule has 0 saturated heterocycles. The van der Waals surface area contributed by atoms with Gasteiger partial charge in [0.2, 0.25) is 0 Å². The van der Waals surface area contributed by atoms with Crippen molar-refractivity contribution in [2.75, 3.05) is 0 Å². The number of aromatic nitrogens is 2. The fraction of sp³-hybridized carbons (Fsp3) is 0.167. The van der Waals surface area contributed by atoms with Crippen LogP contribution in [-0.2, 0) is 0 Å². The first kappa shape index (κ1) is 16.8. The van der Waals surface area contributed by atoms with Crippen LogP contribution in [-0.4, -0.2) is 9.97 Å². The number of nitrogens with one attached hydrogen (secondary N) is 2. The molecule has 4 heteroatoms. The average Bonchev–Trinajstić information content (AvgIpc) is 2.60. The summed E-state index contributed by atoms with van der Waals surface area (Å²) in [4.78, 5) is 33.2. The second-order valence-electron chi connectivity index (χ2n) is 7.86. The summed E-state index contributed by atoms with van der Waals surface area (Å²) < 4.78 is 0. The van der Waals surface area contributed by atoms with E-state index in [0.717, 1.165) is 33.3 Å². The minimum absolute atomic E-state index is 0.00970. The highest BCUT2D eigenvalue weighted by Crippen LogP contribution is 2.24. The predicted molar refractivity (Wildman–Crippen MR) is 117 cm³/mol. The fourth-order valence-electron chi connectivity index (χ4n) is 4.48. The van der Waals surface area contributed by atoms with Gasteiger partial charge in [-0.15, -0.1) is 0 Å². The van der Waals surface area contributed by atoms with Crippen molar-refractivity contribution in [1.82, 2.24) is 9.97 Å². The number of rotatable bonds is 0. The first-order chi connectivity index (χ1) is 13.3. The van der Waals surface area contributed by atoms with Crippen molar-refractivity contribution < 1.29 is 0 Å². The molecule has 0 atom stereocenters. The Bertz CT molecular complexity index is 1470. The zero-order valence-corrected chi connectivity index (χ0v) is 16.3. The third kappa shape index (κ3) is 2.24. The number of hydrogen-bond acceptors (Lipinski definition) is 2. The van der Waals surface area contributed by atoms with E-state index < -0.39 is 0 Å². The first-order valence-corrected chi connectivity index (χ1v) is 9.37. The number of aromatic amines is 2. The van der Waals surface area contributed by atoms with Gasteiger partial charge in [0.25, 0.3) is 0 Å². The number of benzene rings is 3. The average molecular weight is 368 g/mol. The van der Waals surface area contributed by atoms with E-state index in [1.165, 1.54) is 0 Å². The number of hydrogen-bond donors (Lipinski definition) is 2. The SMILES string of the molecule is Cc1cc(C)c2c(=O)c3cc4[nH]c5cc(C)cc(C)c5c(=O)c4cc3[nH]c2c1. The Hall–Kier alpha value is -3.40. The van der Waals surface area contributed by atoms with E-state index in [1.54, 1.807) is 12.1 Å². The molecule has 0 aliphatic carbocycles. The molecule has 0 bridgehead atoms. The second-order valence-corrected chi connectivity index (χ2v) is 7.86. The molecule has 0 amide bonds. The smallest absolute Gasteiger partial charge is 0.197 e. The highest BCUT2D eigenvalue weighted by atomic mass is 16.1. The van der Waals surface area contributed by atoms with Gasteiger partial charge in [0.1, 0.15) is 0 Å². The van der Waals surface area contributed by atoms with Gasteiger partial charge in [0.05, 0.1) is 22.1 Å². The third-order valence-electron chi connectivity index (χ3n) is 5.60.